The summed E-state index contributed by atoms with van der Waals surface area (Å²) in [7, 11) is 1.47. The number of hydrogen-bond donors (Lipinski definition) is 2. The Morgan fingerprint density at radius 2 is 2.14 bits per heavy atom. The third-order valence-corrected chi connectivity index (χ3v) is 3.53. The molecule has 1 aliphatic rings. The van der Waals surface area contributed by atoms with Gasteiger partial charge in [-0.15, -0.1) is 0 Å². The quantitative estimate of drug-likeness (QED) is 0.887. The molecule has 5 nitrogen and oxygen atoms in total. The Labute approximate surface area is 121 Å². The van der Waals surface area contributed by atoms with Gasteiger partial charge in [0, 0.05) is 16.3 Å². The standard InChI is InChI=1S/C16H14O5/c1-8-3-4-9-12(21-8)6-5-10-14(9)13(20-2)7-11(15(10)17)16(18)19/h3-8,17H,1-2H3,(H,18,19). The normalized spacial score (nSPS) is 16.4. The van der Waals surface area contributed by atoms with Crippen LogP contribution in [-0.4, -0.2) is 29.4 Å². The Morgan fingerprint density at radius 1 is 1.38 bits per heavy atom. The molecule has 108 valence electrons. The summed E-state index contributed by atoms with van der Waals surface area (Å²) in [5.41, 5.74) is 0.586. The van der Waals surface area contributed by atoms with E-state index in [0.717, 1.165) is 5.56 Å². The Balaban J connectivity index is 2.41. The third kappa shape index (κ3) is 1.98. The van der Waals surface area contributed by atoms with Crippen molar-refractivity contribution in [2.24, 2.45) is 0 Å². The zero-order valence-corrected chi connectivity index (χ0v) is 11.6. The molecule has 1 atom stereocenters. The number of rotatable bonds is 2. The van der Waals surface area contributed by atoms with Crippen LogP contribution < -0.4 is 9.47 Å². The SMILES string of the molecule is COc1cc(C(=O)O)c(O)c2ccc3c(c12)C=CC(C)O3. The number of ether oxygens (including phenoxy) is 2. The molecule has 2 N–H and O–H groups in total. The van der Waals surface area contributed by atoms with E-state index in [1.165, 1.54) is 13.2 Å². The number of fused-ring (bicyclic) bond motifs is 3. The summed E-state index contributed by atoms with van der Waals surface area (Å²) in [5.74, 6) is -0.405. The number of carboxylic acids is 1. The maximum atomic E-state index is 11.2. The Morgan fingerprint density at radius 3 is 2.81 bits per heavy atom. The van der Waals surface area contributed by atoms with Gasteiger partial charge >= 0.3 is 5.97 Å². The van der Waals surface area contributed by atoms with Crippen molar-refractivity contribution in [1.29, 1.82) is 0 Å². The molecule has 0 saturated heterocycles. The van der Waals surface area contributed by atoms with E-state index in [1.54, 1.807) is 12.1 Å². The molecule has 0 aliphatic carbocycles. The van der Waals surface area contributed by atoms with Crippen LogP contribution in [0, 0.1) is 0 Å². The van der Waals surface area contributed by atoms with E-state index in [0.29, 0.717) is 22.3 Å². The molecular formula is C16H14O5. The Hall–Kier alpha value is -2.69. The van der Waals surface area contributed by atoms with Gasteiger partial charge in [-0.25, -0.2) is 4.79 Å². The minimum Gasteiger partial charge on any atom is -0.506 e. The zero-order valence-electron chi connectivity index (χ0n) is 11.6. The molecule has 1 unspecified atom stereocenters. The predicted octanol–water partition coefficient (Wildman–Crippen LogP) is 3.05. The fourth-order valence-corrected chi connectivity index (χ4v) is 2.54. The lowest BCUT2D eigenvalue weighted by Crippen LogP contribution is -2.12. The number of carboxylic acid groups (broad SMARTS) is 1. The van der Waals surface area contributed by atoms with Crippen LogP contribution in [0.3, 0.4) is 0 Å². The Bertz CT molecular complexity index is 776. The molecule has 5 heteroatoms. The largest absolute Gasteiger partial charge is 0.506 e. The minimum atomic E-state index is -1.20. The van der Waals surface area contributed by atoms with Crippen molar-refractivity contribution in [3.8, 4) is 17.2 Å². The van der Waals surface area contributed by atoms with Crippen molar-refractivity contribution in [2.75, 3.05) is 7.11 Å². The second-order valence-corrected chi connectivity index (χ2v) is 4.86. The van der Waals surface area contributed by atoms with E-state index in [1.807, 2.05) is 19.1 Å². The number of methoxy groups -OCH3 is 1. The van der Waals surface area contributed by atoms with Crippen LogP contribution in [0.25, 0.3) is 16.8 Å². The van der Waals surface area contributed by atoms with E-state index in [9.17, 15) is 9.90 Å². The molecule has 2 aromatic rings. The number of aromatic carboxylic acids is 1. The molecule has 0 aromatic heterocycles. The number of phenols is 1. The highest BCUT2D eigenvalue weighted by Crippen LogP contribution is 2.43. The first-order valence-corrected chi connectivity index (χ1v) is 6.47. The highest BCUT2D eigenvalue weighted by molar-refractivity contribution is 6.07. The summed E-state index contributed by atoms with van der Waals surface area (Å²) < 4.78 is 11.0. The van der Waals surface area contributed by atoms with Gasteiger partial charge in [0.1, 0.15) is 28.9 Å². The average molecular weight is 286 g/mol. The number of benzene rings is 2. The molecular weight excluding hydrogens is 272 g/mol. The lowest BCUT2D eigenvalue weighted by Gasteiger charge is -2.21. The fourth-order valence-electron chi connectivity index (χ4n) is 2.54. The van der Waals surface area contributed by atoms with Gasteiger partial charge in [-0.1, -0.05) is 6.08 Å². The van der Waals surface area contributed by atoms with Crippen LogP contribution in [0.5, 0.6) is 17.2 Å². The number of aromatic hydroxyl groups is 1. The van der Waals surface area contributed by atoms with Crippen LogP contribution in [0.1, 0.15) is 22.8 Å². The van der Waals surface area contributed by atoms with E-state index >= 15 is 0 Å². The molecule has 1 aliphatic heterocycles. The molecule has 0 saturated carbocycles. The first kappa shape index (κ1) is 13.3. The molecule has 0 fully saturated rings. The number of carbonyl (C=O) groups is 1. The van der Waals surface area contributed by atoms with Gasteiger partial charge in [-0.2, -0.15) is 0 Å². The van der Waals surface area contributed by atoms with E-state index < -0.39 is 5.97 Å². The summed E-state index contributed by atoms with van der Waals surface area (Å²) in [6.45, 7) is 1.92. The molecule has 0 spiro atoms. The first-order chi connectivity index (χ1) is 10.0. The van der Waals surface area contributed by atoms with Crippen LogP contribution >= 0.6 is 0 Å². The van der Waals surface area contributed by atoms with Crippen LogP contribution in [-0.2, 0) is 0 Å². The van der Waals surface area contributed by atoms with Crippen molar-refractivity contribution < 1.29 is 24.5 Å². The van der Waals surface area contributed by atoms with Crippen LogP contribution in [0.15, 0.2) is 24.3 Å². The number of hydrogen-bond acceptors (Lipinski definition) is 4. The molecule has 0 bridgehead atoms. The van der Waals surface area contributed by atoms with Crippen molar-refractivity contribution in [3.05, 3.63) is 35.4 Å². The van der Waals surface area contributed by atoms with Gasteiger partial charge < -0.3 is 19.7 Å². The molecule has 0 radical (unpaired) electrons. The minimum absolute atomic E-state index is 0.0344. The molecule has 0 amide bonds. The summed E-state index contributed by atoms with van der Waals surface area (Å²) in [5, 5.41) is 20.4. The van der Waals surface area contributed by atoms with E-state index in [-0.39, 0.29) is 17.4 Å². The third-order valence-electron chi connectivity index (χ3n) is 3.53. The van der Waals surface area contributed by atoms with Crippen molar-refractivity contribution >= 4 is 22.8 Å². The monoisotopic (exact) mass is 286 g/mol. The van der Waals surface area contributed by atoms with E-state index in [2.05, 4.69) is 0 Å². The highest BCUT2D eigenvalue weighted by Gasteiger charge is 2.22. The molecule has 21 heavy (non-hydrogen) atoms. The van der Waals surface area contributed by atoms with Gasteiger partial charge in [0.2, 0.25) is 0 Å². The summed E-state index contributed by atoms with van der Waals surface area (Å²) >= 11 is 0. The molecule has 2 aromatic carbocycles. The second kappa shape index (κ2) is 4.70. The predicted molar refractivity (Wildman–Crippen MR) is 78.2 cm³/mol. The topological polar surface area (TPSA) is 76.0 Å². The fraction of sp³-hybridized carbons (Fsp3) is 0.188. The van der Waals surface area contributed by atoms with Gasteiger partial charge in [0.25, 0.3) is 0 Å². The van der Waals surface area contributed by atoms with Gasteiger partial charge in [-0.05, 0) is 31.2 Å². The maximum absolute atomic E-state index is 11.2. The van der Waals surface area contributed by atoms with Crippen LogP contribution in [0.4, 0.5) is 0 Å². The van der Waals surface area contributed by atoms with Crippen molar-refractivity contribution in [3.63, 3.8) is 0 Å². The lowest BCUT2D eigenvalue weighted by atomic mass is 9.97. The molecule has 1 heterocycles. The van der Waals surface area contributed by atoms with Crippen LogP contribution in [0.2, 0.25) is 0 Å². The molecule has 3 rings (SSSR count). The van der Waals surface area contributed by atoms with Crippen molar-refractivity contribution in [2.45, 2.75) is 13.0 Å². The summed E-state index contributed by atoms with van der Waals surface area (Å²) in [6, 6.07) is 4.69. The Kier molecular flexibility index (Phi) is 2.97. The zero-order chi connectivity index (χ0) is 15.1. The highest BCUT2D eigenvalue weighted by atomic mass is 16.5. The average Bonchev–Trinajstić information content (AvgIpc) is 2.46. The van der Waals surface area contributed by atoms with Gasteiger partial charge in [-0.3, -0.25) is 0 Å². The van der Waals surface area contributed by atoms with Crippen molar-refractivity contribution in [1.82, 2.24) is 0 Å². The summed E-state index contributed by atoms with van der Waals surface area (Å²) in [4.78, 5) is 11.2. The van der Waals surface area contributed by atoms with E-state index in [4.69, 9.17) is 14.6 Å². The lowest BCUT2D eigenvalue weighted by molar-refractivity contribution is 0.0693. The smallest absolute Gasteiger partial charge is 0.339 e. The maximum Gasteiger partial charge on any atom is 0.339 e. The van der Waals surface area contributed by atoms with Gasteiger partial charge in [0.15, 0.2) is 0 Å². The second-order valence-electron chi connectivity index (χ2n) is 4.86. The van der Waals surface area contributed by atoms with Gasteiger partial charge in [0.05, 0.1) is 7.11 Å². The first-order valence-electron chi connectivity index (χ1n) is 6.47. The summed E-state index contributed by atoms with van der Waals surface area (Å²) in [6.07, 6.45) is 3.75.